The van der Waals surface area contributed by atoms with E-state index >= 15 is 0 Å². The van der Waals surface area contributed by atoms with Crippen molar-refractivity contribution in [3.63, 3.8) is 0 Å². The Bertz CT molecular complexity index is 702. The third-order valence-electron chi connectivity index (χ3n) is 4.85. The van der Waals surface area contributed by atoms with Gasteiger partial charge in [0.25, 0.3) is 0 Å². The lowest BCUT2D eigenvalue weighted by Gasteiger charge is -2.37. The monoisotopic (exact) mass is 338 g/mol. The topological polar surface area (TPSA) is 32.8 Å². The fourth-order valence-electron chi connectivity index (χ4n) is 3.33. The lowest BCUT2D eigenvalue weighted by molar-refractivity contribution is -0.141. The Hall–Kier alpha value is -2.17. The third-order valence-corrected chi connectivity index (χ3v) is 4.85. The molecule has 1 fully saturated rings. The number of piperazine rings is 1. The zero-order valence-corrected chi connectivity index (χ0v) is 15.2. The number of hydrogen-bond acceptors (Lipinski definition) is 4. The summed E-state index contributed by atoms with van der Waals surface area (Å²) in [5.41, 5.74) is 2.96. The summed E-state index contributed by atoms with van der Waals surface area (Å²) >= 11 is 0. The molecule has 25 heavy (non-hydrogen) atoms. The molecule has 0 bridgehead atoms. The van der Waals surface area contributed by atoms with E-state index in [0.717, 1.165) is 42.9 Å². The van der Waals surface area contributed by atoms with Crippen molar-refractivity contribution >= 4 is 5.97 Å². The number of para-hydroxylation sites is 1. The lowest BCUT2D eigenvalue weighted by Crippen LogP contribution is -2.48. The highest BCUT2D eigenvalue weighted by atomic mass is 16.5. The van der Waals surface area contributed by atoms with Gasteiger partial charge in [-0.1, -0.05) is 48.5 Å². The number of rotatable bonds is 4. The highest BCUT2D eigenvalue weighted by molar-refractivity contribution is 5.80. The third kappa shape index (κ3) is 4.09. The summed E-state index contributed by atoms with van der Waals surface area (Å²) in [5.74, 6) is 0.482. The summed E-state index contributed by atoms with van der Waals surface area (Å²) in [6.07, 6.45) is 0. The fraction of sp³-hybridized carbons (Fsp3) is 0.381. The van der Waals surface area contributed by atoms with Crippen molar-refractivity contribution in [2.24, 2.45) is 0 Å². The van der Waals surface area contributed by atoms with Crippen molar-refractivity contribution in [1.82, 2.24) is 9.80 Å². The van der Waals surface area contributed by atoms with Crippen molar-refractivity contribution in [2.45, 2.75) is 19.9 Å². The minimum absolute atomic E-state index is 0.201. The molecule has 1 saturated heterocycles. The van der Waals surface area contributed by atoms with Gasteiger partial charge in [0.2, 0.25) is 0 Å². The number of aryl methyl sites for hydroxylation is 2. The molecule has 2 aromatic carbocycles. The predicted octanol–water partition coefficient (Wildman–Crippen LogP) is 3.20. The average Bonchev–Trinajstić information content (AvgIpc) is 2.61. The van der Waals surface area contributed by atoms with Crippen LogP contribution in [-0.4, -0.2) is 49.0 Å². The summed E-state index contributed by atoms with van der Waals surface area (Å²) < 4.78 is 5.88. The number of nitrogens with zero attached hydrogens (tertiary/aromatic N) is 2. The number of carbonyl (C=O) groups is 1. The van der Waals surface area contributed by atoms with Crippen LogP contribution in [0.5, 0.6) is 5.75 Å². The van der Waals surface area contributed by atoms with Crippen LogP contribution in [0.25, 0.3) is 0 Å². The van der Waals surface area contributed by atoms with Gasteiger partial charge in [-0.05, 0) is 37.6 Å². The van der Waals surface area contributed by atoms with E-state index < -0.39 is 0 Å². The highest BCUT2D eigenvalue weighted by Gasteiger charge is 2.31. The van der Waals surface area contributed by atoms with Gasteiger partial charge >= 0.3 is 5.97 Å². The molecule has 0 aromatic heterocycles. The largest absolute Gasteiger partial charge is 0.425 e. The maximum Gasteiger partial charge on any atom is 0.333 e. The minimum Gasteiger partial charge on any atom is -0.425 e. The molecule has 1 aliphatic rings. The number of hydrogen-bond donors (Lipinski definition) is 0. The van der Waals surface area contributed by atoms with Crippen LogP contribution in [-0.2, 0) is 4.79 Å². The Labute approximate surface area is 150 Å². The first kappa shape index (κ1) is 17.6. The normalized spacial score (nSPS) is 17.2. The number of ether oxygens (including phenoxy) is 1. The van der Waals surface area contributed by atoms with Crippen molar-refractivity contribution in [2.75, 3.05) is 33.2 Å². The molecule has 132 valence electrons. The van der Waals surface area contributed by atoms with Gasteiger partial charge in [0.15, 0.2) is 0 Å². The van der Waals surface area contributed by atoms with Crippen LogP contribution in [0.2, 0.25) is 0 Å². The lowest BCUT2D eigenvalue weighted by atomic mass is 10.0. The second-order valence-corrected chi connectivity index (χ2v) is 6.79. The molecule has 0 spiro atoms. The predicted molar refractivity (Wildman–Crippen MR) is 99.8 cm³/mol. The van der Waals surface area contributed by atoms with E-state index in [9.17, 15) is 4.79 Å². The zero-order chi connectivity index (χ0) is 17.8. The van der Waals surface area contributed by atoms with Gasteiger partial charge < -0.3 is 9.64 Å². The minimum atomic E-state index is -0.367. The second-order valence-electron chi connectivity index (χ2n) is 6.79. The van der Waals surface area contributed by atoms with Gasteiger partial charge in [-0.25, -0.2) is 4.79 Å². The molecule has 0 radical (unpaired) electrons. The van der Waals surface area contributed by atoms with Crippen LogP contribution in [0, 0.1) is 13.8 Å². The van der Waals surface area contributed by atoms with Gasteiger partial charge in [0.1, 0.15) is 11.8 Å². The van der Waals surface area contributed by atoms with Crippen LogP contribution < -0.4 is 4.74 Å². The molecule has 1 unspecified atom stereocenters. The van der Waals surface area contributed by atoms with Gasteiger partial charge in [-0.3, -0.25) is 4.90 Å². The quantitative estimate of drug-likeness (QED) is 0.633. The molecule has 0 amide bonds. The van der Waals surface area contributed by atoms with Gasteiger partial charge in [0.05, 0.1) is 0 Å². The smallest absolute Gasteiger partial charge is 0.333 e. The molecular formula is C21H26N2O2. The standard InChI is InChI=1S/C21H26N2O2/c1-16-8-7-9-17(2)20(16)25-21(24)19(18-10-5-4-6-11-18)23-14-12-22(3)13-15-23/h4-11,19H,12-15H2,1-3H3. The molecule has 0 aliphatic carbocycles. The molecule has 1 aliphatic heterocycles. The van der Waals surface area contributed by atoms with Crippen LogP contribution in [0.4, 0.5) is 0 Å². The summed E-state index contributed by atoms with van der Waals surface area (Å²) in [5, 5.41) is 0. The Morgan fingerprint density at radius 2 is 1.52 bits per heavy atom. The van der Waals surface area contributed by atoms with Crippen LogP contribution in [0.1, 0.15) is 22.7 Å². The van der Waals surface area contributed by atoms with E-state index in [2.05, 4.69) is 16.8 Å². The summed E-state index contributed by atoms with van der Waals surface area (Å²) in [7, 11) is 2.11. The Kier molecular flexibility index (Phi) is 5.51. The second kappa shape index (κ2) is 7.81. The van der Waals surface area contributed by atoms with Gasteiger partial charge in [0, 0.05) is 26.2 Å². The summed E-state index contributed by atoms with van der Waals surface area (Å²) in [6, 6.07) is 15.5. The molecule has 1 heterocycles. The Balaban J connectivity index is 1.87. The average molecular weight is 338 g/mol. The first-order chi connectivity index (χ1) is 12.1. The van der Waals surface area contributed by atoms with Crippen molar-refractivity contribution < 1.29 is 9.53 Å². The maximum atomic E-state index is 13.1. The zero-order valence-electron chi connectivity index (χ0n) is 15.2. The van der Waals surface area contributed by atoms with Crippen LogP contribution in [0.3, 0.4) is 0 Å². The van der Waals surface area contributed by atoms with Crippen molar-refractivity contribution in [1.29, 1.82) is 0 Å². The molecule has 2 aromatic rings. The Morgan fingerprint density at radius 3 is 2.12 bits per heavy atom. The van der Waals surface area contributed by atoms with Crippen LogP contribution in [0.15, 0.2) is 48.5 Å². The van der Waals surface area contributed by atoms with E-state index in [1.165, 1.54) is 0 Å². The van der Waals surface area contributed by atoms with E-state index in [4.69, 9.17) is 4.74 Å². The van der Waals surface area contributed by atoms with E-state index in [1.807, 2.05) is 62.4 Å². The van der Waals surface area contributed by atoms with Crippen LogP contribution >= 0.6 is 0 Å². The first-order valence-corrected chi connectivity index (χ1v) is 8.81. The molecule has 1 atom stereocenters. The van der Waals surface area contributed by atoms with E-state index in [-0.39, 0.29) is 12.0 Å². The van der Waals surface area contributed by atoms with Crippen molar-refractivity contribution in [3.8, 4) is 5.75 Å². The summed E-state index contributed by atoms with van der Waals surface area (Å²) in [4.78, 5) is 17.6. The molecule has 0 N–H and O–H groups in total. The molecule has 0 saturated carbocycles. The van der Waals surface area contributed by atoms with Gasteiger partial charge in [-0.2, -0.15) is 0 Å². The fourth-order valence-corrected chi connectivity index (χ4v) is 3.33. The molecule has 4 heteroatoms. The van der Waals surface area contributed by atoms with Gasteiger partial charge in [-0.15, -0.1) is 0 Å². The first-order valence-electron chi connectivity index (χ1n) is 8.81. The summed E-state index contributed by atoms with van der Waals surface area (Å²) in [6.45, 7) is 7.59. The molecular weight excluding hydrogens is 312 g/mol. The SMILES string of the molecule is Cc1cccc(C)c1OC(=O)C(c1ccccc1)N1CCN(C)CC1. The molecule has 3 rings (SSSR count). The number of esters is 1. The number of benzene rings is 2. The van der Waals surface area contributed by atoms with E-state index in [0.29, 0.717) is 5.75 Å². The maximum absolute atomic E-state index is 13.1. The van der Waals surface area contributed by atoms with Crippen molar-refractivity contribution in [3.05, 3.63) is 65.2 Å². The molecule has 4 nitrogen and oxygen atoms in total. The Morgan fingerprint density at radius 1 is 0.920 bits per heavy atom. The highest BCUT2D eigenvalue weighted by Crippen LogP contribution is 2.28. The van der Waals surface area contributed by atoms with E-state index in [1.54, 1.807) is 0 Å². The number of likely N-dealkylation sites (N-methyl/N-ethyl adjacent to an activating group) is 1. The number of carbonyl (C=O) groups excluding carboxylic acids is 1.